The number of hydrogen-bond donors (Lipinski definition) is 1. The molecule has 2 N–H and O–H groups in total. The summed E-state index contributed by atoms with van der Waals surface area (Å²) in [5.74, 6) is 0.785. The highest BCUT2D eigenvalue weighted by Gasteiger charge is 2.06. The third kappa shape index (κ3) is 2.36. The molecule has 1 aromatic heterocycles. The smallest absolute Gasteiger partial charge is 0.280 e. The number of aromatic nitrogens is 1. The van der Waals surface area contributed by atoms with Crippen LogP contribution in [0.2, 0.25) is 0 Å². The molecule has 2 aromatic rings. The Labute approximate surface area is 106 Å². The van der Waals surface area contributed by atoms with Gasteiger partial charge >= 0.3 is 0 Å². The van der Waals surface area contributed by atoms with Crippen LogP contribution in [0.4, 0.5) is 5.00 Å². The van der Waals surface area contributed by atoms with Gasteiger partial charge in [-0.2, -0.15) is 0 Å². The average molecular weight is 299 g/mol. The number of anilines is 1. The van der Waals surface area contributed by atoms with Crippen molar-refractivity contribution in [2.24, 2.45) is 0 Å². The molecule has 0 radical (unpaired) electrons. The molecule has 0 unspecified atom stereocenters. The highest BCUT2D eigenvalue weighted by molar-refractivity contribution is 9.10. The van der Waals surface area contributed by atoms with E-state index in [1.165, 1.54) is 11.3 Å². The van der Waals surface area contributed by atoms with Crippen molar-refractivity contribution < 1.29 is 4.74 Å². The molecular formula is C11H11BrN2OS. The van der Waals surface area contributed by atoms with Crippen LogP contribution in [0.3, 0.4) is 0 Å². The highest BCUT2D eigenvalue weighted by Crippen LogP contribution is 2.31. The van der Waals surface area contributed by atoms with Crippen LogP contribution in [-0.4, -0.2) is 4.98 Å². The van der Waals surface area contributed by atoms with E-state index in [0.29, 0.717) is 10.2 Å². The van der Waals surface area contributed by atoms with Gasteiger partial charge in [-0.05, 0) is 37.1 Å². The monoisotopic (exact) mass is 298 g/mol. The number of ether oxygens (including phenoxy) is 1. The van der Waals surface area contributed by atoms with Gasteiger partial charge < -0.3 is 10.5 Å². The molecule has 1 aromatic carbocycles. The Morgan fingerprint density at radius 3 is 2.44 bits per heavy atom. The van der Waals surface area contributed by atoms with E-state index in [0.717, 1.165) is 21.3 Å². The Balaban J connectivity index is 2.28. The maximum Gasteiger partial charge on any atom is 0.280 e. The number of halogens is 1. The van der Waals surface area contributed by atoms with Crippen LogP contribution >= 0.6 is 27.3 Å². The van der Waals surface area contributed by atoms with Crippen molar-refractivity contribution in [3.63, 3.8) is 0 Å². The lowest BCUT2D eigenvalue weighted by Crippen LogP contribution is -1.87. The summed E-state index contributed by atoms with van der Waals surface area (Å²) in [6.07, 6.45) is 1.60. The zero-order valence-corrected chi connectivity index (χ0v) is 11.4. The Hall–Kier alpha value is -1.07. The first-order chi connectivity index (χ1) is 7.56. The van der Waals surface area contributed by atoms with Crippen molar-refractivity contribution >= 4 is 32.3 Å². The van der Waals surface area contributed by atoms with Crippen molar-refractivity contribution in [1.29, 1.82) is 0 Å². The molecule has 84 valence electrons. The second-order valence-corrected chi connectivity index (χ2v) is 5.32. The molecule has 3 nitrogen and oxygen atoms in total. The Kier molecular flexibility index (Phi) is 3.16. The van der Waals surface area contributed by atoms with Crippen molar-refractivity contribution in [1.82, 2.24) is 4.98 Å². The predicted molar refractivity (Wildman–Crippen MR) is 70.2 cm³/mol. The number of nitrogen functional groups attached to an aromatic ring is 1. The Morgan fingerprint density at radius 1 is 1.31 bits per heavy atom. The summed E-state index contributed by atoms with van der Waals surface area (Å²) in [7, 11) is 0. The topological polar surface area (TPSA) is 48.1 Å². The predicted octanol–water partition coefficient (Wildman–Crippen LogP) is 3.90. The van der Waals surface area contributed by atoms with Crippen molar-refractivity contribution in [3.05, 3.63) is 33.9 Å². The van der Waals surface area contributed by atoms with Gasteiger partial charge in [0.05, 0.1) is 6.20 Å². The van der Waals surface area contributed by atoms with Crippen LogP contribution in [0.5, 0.6) is 10.9 Å². The van der Waals surface area contributed by atoms with E-state index in [2.05, 4.69) is 20.9 Å². The first kappa shape index (κ1) is 11.4. The van der Waals surface area contributed by atoms with E-state index < -0.39 is 0 Å². The van der Waals surface area contributed by atoms with Gasteiger partial charge in [-0.15, -0.1) is 0 Å². The Morgan fingerprint density at radius 2 is 1.94 bits per heavy atom. The molecule has 0 saturated carbocycles. The summed E-state index contributed by atoms with van der Waals surface area (Å²) in [6.45, 7) is 4.06. The molecule has 0 aliphatic rings. The van der Waals surface area contributed by atoms with Gasteiger partial charge in [0.15, 0.2) is 0 Å². The first-order valence-corrected chi connectivity index (χ1v) is 6.33. The lowest BCUT2D eigenvalue weighted by Gasteiger charge is -2.07. The molecule has 5 heteroatoms. The van der Waals surface area contributed by atoms with Crippen LogP contribution in [0, 0.1) is 13.8 Å². The summed E-state index contributed by atoms with van der Waals surface area (Å²) >= 11 is 4.85. The highest BCUT2D eigenvalue weighted by atomic mass is 79.9. The number of hydrogen-bond acceptors (Lipinski definition) is 4. The van der Waals surface area contributed by atoms with Crippen LogP contribution in [0.1, 0.15) is 11.1 Å². The number of thiazole rings is 1. The number of nitrogens with zero attached hydrogens (tertiary/aromatic N) is 1. The molecule has 1 heterocycles. The lowest BCUT2D eigenvalue weighted by molar-refractivity contribution is 0.478. The molecule has 0 spiro atoms. The molecule has 16 heavy (non-hydrogen) atoms. The zero-order valence-electron chi connectivity index (χ0n) is 8.95. The van der Waals surface area contributed by atoms with Crippen LogP contribution in [-0.2, 0) is 0 Å². The molecule has 2 rings (SSSR count). The van der Waals surface area contributed by atoms with Crippen LogP contribution < -0.4 is 10.5 Å². The normalized spacial score (nSPS) is 10.4. The second-order valence-electron chi connectivity index (χ2n) is 3.50. The molecule has 0 aliphatic carbocycles. The fraction of sp³-hybridized carbons (Fsp3) is 0.182. The molecule has 0 bridgehead atoms. The maximum absolute atomic E-state index is 5.62. The van der Waals surface area contributed by atoms with Crippen LogP contribution in [0.15, 0.2) is 22.8 Å². The lowest BCUT2D eigenvalue weighted by atomic mass is 10.1. The third-order valence-corrected chi connectivity index (χ3v) is 4.07. The molecule has 0 fully saturated rings. The molecule has 0 saturated heterocycles. The summed E-state index contributed by atoms with van der Waals surface area (Å²) in [5, 5.41) is 1.22. The Bertz CT molecular complexity index is 501. The second kappa shape index (κ2) is 4.43. The van der Waals surface area contributed by atoms with Crippen molar-refractivity contribution in [2.45, 2.75) is 13.8 Å². The number of aryl methyl sites for hydroxylation is 2. The summed E-state index contributed by atoms with van der Waals surface area (Å²) in [4.78, 5) is 4.05. The summed E-state index contributed by atoms with van der Waals surface area (Å²) in [5.41, 5.74) is 7.86. The van der Waals surface area contributed by atoms with E-state index >= 15 is 0 Å². The van der Waals surface area contributed by atoms with Gasteiger partial charge in [-0.25, -0.2) is 4.98 Å². The quantitative estimate of drug-likeness (QED) is 0.915. The van der Waals surface area contributed by atoms with E-state index in [1.54, 1.807) is 6.20 Å². The largest absolute Gasteiger partial charge is 0.431 e. The van der Waals surface area contributed by atoms with Crippen molar-refractivity contribution in [3.8, 4) is 10.9 Å². The molecule has 0 amide bonds. The molecule has 0 atom stereocenters. The minimum absolute atomic E-state index is 0.568. The average Bonchev–Trinajstić information content (AvgIpc) is 2.60. The number of benzene rings is 1. The van der Waals surface area contributed by atoms with Crippen molar-refractivity contribution in [2.75, 3.05) is 5.73 Å². The van der Waals surface area contributed by atoms with Gasteiger partial charge in [-0.3, -0.25) is 0 Å². The SMILES string of the molecule is Cc1cc(Oc2ncc(N)s2)cc(C)c1Br. The standard InChI is InChI=1S/C11H11BrN2OS/c1-6-3-8(4-7(2)10(6)12)15-11-14-5-9(13)16-11/h3-5H,13H2,1-2H3. The maximum atomic E-state index is 5.62. The van der Waals surface area contributed by atoms with E-state index in [1.807, 2.05) is 26.0 Å². The number of nitrogens with two attached hydrogens (primary N) is 1. The van der Waals surface area contributed by atoms with Gasteiger partial charge in [0.2, 0.25) is 0 Å². The summed E-state index contributed by atoms with van der Waals surface area (Å²) < 4.78 is 6.73. The minimum atomic E-state index is 0.568. The van der Waals surface area contributed by atoms with Gasteiger partial charge in [-0.1, -0.05) is 27.3 Å². The first-order valence-electron chi connectivity index (χ1n) is 4.72. The van der Waals surface area contributed by atoms with Gasteiger partial charge in [0.1, 0.15) is 10.8 Å². The van der Waals surface area contributed by atoms with Gasteiger partial charge in [0.25, 0.3) is 5.19 Å². The molecule has 0 aliphatic heterocycles. The molecular weight excluding hydrogens is 288 g/mol. The van der Waals surface area contributed by atoms with Crippen LogP contribution in [0.25, 0.3) is 0 Å². The minimum Gasteiger partial charge on any atom is -0.431 e. The van der Waals surface area contributed by atoms with E-state index in [-0.39, 0.29) is 0 Å². The third-order valence-electron chi connectivity index (χ3n) is 2.12. The fourth-order valence-electron chi connectivity index (χ4n) is 1.38. The summed E-state index contributed by atoms with van der Waals surface area (Å²) in [6, 6.07) is 3.93. The van der Waals surface area contributed by atoms with Gasteiger partial charge in [0, 0.05) is 4.47 Å². The number of rotatable bonds is 2. The van der Waals surface area contributed by atoms with E-state index in [4.69, 9.17) is 10.5 Å². The fourth-order valence-corrected chi connectivity index (χ4v) is 2.16. The van der Waals surface area contributed by atoms with E-state index in [9.17, 15) is 0 Å². The zero-order chi connectivity index (χ0) is 11.7.